The van der Waals surface area contributed by atoms with E-state index in [4.69, 9.17) is 14.6 Å². The van der Waals surface area contributed by atoms with Crippen molar-refractivity contribution < 1.29 is 14.6 Å². The first-order chi connectivity index (χ1) is 10.3. The van der Waals surface area contributed by atoms with Gasteiger partial charge in [-0.2, -0.15) is 4.98 Å². The van der Waals surface area contributed by atoms with Crippen LogP contribution < -0.4 is 4.74 Å². The topological polar surface area (TPSA) is 82.3 Å². The Labute approximate surface area is 122 Å². The fourth-order valence-corrected chi connectivity index (χ4v) is 2.49. The number of aromatic nitrogens is 4. The SMILES string of the molecule is CCCCOc1ncnc2c1ncn2C1CCC(CO)O1. The van der Waals surface area contributed by atoms with E-state index in [1.54, 1.807) is 6.33 Å². The number of nitrogens with zero attached hydrogens (tertiary/aromatic N) is 4. The molecule has 0 amide bonds. The average molecular weight is 292 g/mol. The van der Waals surface area contributed by atoms with Crippen LogP contribution in [0.5, 0.6) is 5.88 Å². The molecule has 2 unspecified atom stereocenters. The van der Waals surface area contributed by atoms with E-state index in [1.807, 2.05) is 4.57 Å². The molecule has 1 fully saturated rings. The molecule has 0 bridgehead atoms. The van der Waals surface area contributed by atoms with E-state index >= 15 is 0 Å². The molecule has 1 aliphatic rings. The van der Waals surface area contributed by atoms with Gasteiger partial charge in [0.2, 0.25) is 5.88 Å². The molecule has 3 heterocycles. The lowest BCUT2D eigenvalue weighted by molar-refractivity contribution is -0.0207. The highest BCUT2D eigenvalue weighted by molar-refractivity contribution is 5.75. The molecular formula is C14H20N4O3. The zero-order valence-corrected chi connectivity index (χ0v) is 12.1. The Kier molecular flexibility index (Phi) is 4.31. The maximum atomic E-state index is 9.16. The summed E-state index contributed by atoms with van der Waals surface area (Å²) in [5.41, 5.74) is 1.37. The molecule has 1 saturated heterocycles. The van der Waals surface area contributed by atoms with E-state index in [1.165, 1.54) is 6.33 Å². The summed E-state index contributed by atoms with van der Waals surface area (Å²) in [6.07, 6.45) is 6.69. The molecule has 7 heteroatoms. The van der Waals surface area contributed by atoms with Crippen LogP contribution in [0, 0.1) is 0 Å². The third kappa shape index (κ3) is 2.84. The van der Waals surface area contributed by atoms with E-state index in [9.17, 15) is 0 Å². The summed E-state index contributed by atoms with van der Waals surface area (Å²) >= 11 is 0. The van der Waals surface area contributed by atoms with Crippen molar-refractivity contribution in [3.05, 3.63) is 12.7 Å². The summed E-state index contributed by atoms with van der Waals surface area (Å²) in [7, 11) is 0. The zero-order chi connectivity index (χ0) is 14.7. The highest BCUT2D eigenvalue weighted by Crippen LogP contribution is 2.31. The van der Waals surface area contributed by atoms with Crippen LogP contribution in [0.15, 0.2) is 12.7 Å². The minimum Gasteiger partial charge on any atom is -0.476 e. The predicted octanol–water partition coefficient (Wildman–Crippen LogP) is 1.68. The first-order valence-electron chi connectivity index (χ1n) is 7.40. The van der Waals surface area contributed by atoms with Crippen molar-refractivity contribution in [2.24, 2.45) is 0 Å². The van der Waals surface area contributed by atoms with Gasteiger partial charge in [-0.1, -0.05) is 13.3 Å². The lowest BCUT2D eigenvalue weighted by atomic mass is 10.2. The summed E-state index contributed by atoms with van der Waals surface area (Å²) in [5, 5.41) is 9.16. The fourth-order valence-electron chi connectivity index (χ4n) is 2.49. The number of rotatable bonds is 6. The molecule has 21 heavy (non-hydrogen) atoms. The van der Waals surface area contributed by atoms with Crippen molar-refractivity contribution in [3.63, 3.8) is 0 Å². The summed E-state index contributed by atoms with van der Waals surface area (Å²) in [4.78, 5) is 12.8. The quantitative estimate of drug-likeness (QED) is 0.816. The van der Waals surface area contributed by atoms with E-state index < -0.39 is 0 Å². The molecular weight excluding hydrogens is 272 g/mol. The fraction of sp³-hybridized carbons (Fsp3) is 0.643. The third-order valence-electron chi connectivity index (χ3n) is 3.66. The number of unbranched alkanes of at least 4 members (excludes halogenated alkanes) is 1. The van der Waals surface area contributed by atoms with E-state index in [2.05, 4.69) is 21.9 Å². The standard InChI is InChI=1S/C14H20N4O3/c1-2-3-6-20-14-12-13(15-8-16-14)18(9-17-12)11-5-4-10(7-19)21-11/h8-11,19H,2-7H2,1H3. The molecule has 2 aromatic heterocycles. The Balaban J connectivity index is 1.83. The minimum atomic E-state index is -0.134. The summed E-state index contributed by atoms with van der Waals surface area (Å²) in [5.74, 6) is 0.518. The molecule has 0 spiro atoms. The molecule has 2 aromatic rings. The number of imidazole rings is 1. The van der Waals surface area contributed by atoms with Gasteiger partial charge in [0.1, 0.15) is 12.6 Å². The highest BCUT2D eigenvalue weighted by Gasteiger charge is 2.27. The van der Waals surface area contributed by atoms with Crippen LogP contribution in [0.3, 0.4) is 0 Å². The van der Waals surface area contributed by atoms with Crippen LogP contribution in [0.1, 0.15) is 38.8 Å². The molecule has 3 rings (SSSR count). The van der Waals surface area contributed by atoms with Crippen molar-refractivity contribution in [1.82, 2.24) is 19.5 Å². The monoisotopic (exact) mass is 292 g/mol. The number of hydrogen-bond donors (Lipinski definition) is 1. The van der Waals surface area contributed by atoms with Gasteiger partial charge in [-0.05, 0) is 19.3 Å². The average Bonchev–Trinajstić information content (AvgIpc) is 3.14. The lowest BCUT2D eigenvalue weighted by Crippen LogP contribution is -2.14. The van der Waals surface area contributed by atoms with E-state index in [0.717, 1.165) is 25.7 Å². The first kappa shape index (κ1) is 14.2. The molecule has 0 saturated carbocycles. The third-order valence-corrected chi connectivity index (χ3v) is 3.66. The minimum absolute atomic E-state index is 0.0451. The predicted molar refractivity (Wildman–Crippen MR) is 76.0 cm³/mol. The zero-order valence-electron chi connectivity index (χ0n) is 12.1. The molecule has 0 aromatic carbocycles. The largest absolute Gasteiger partial charge is 0.476 e. The maximum Gasteiger partial charge on any atom is 0.245 e. The van der Waals surface area contributed by atoms with Gasteiger partial charge in [-0.15, -0.1) is 0 Å². The van der Waals surface area contributed by atoms with Gasteiger partial charge in [0.05, 0.1) is 25.6 Å². The Hall–Kier alpha value is -1.73. The van der Waals surface area contributed by atoms with Gasteiger partial charge in [0, 0.05) is 0 Å². The van der Waals surface area contributed by atoms with Gasteiger partial charge in [0.25, 0.3) is 0 Å². The van der Waals surface area contributed by atoms with Gasteiger partial charge < -0.3 is 14.6 Å². The summed E-state index contributed by atoms with van der Waals surface area (Å²) in [6.45, 7) is 2.79. The van der Waals surface area contributed by atoms with Crippen molar-refractivity contribution in [2.75, 3.05) is 13.2 Å². The number of aliphatic hydroxyl groups is 1. The maximum absolute atomic E-state index is 9.16. The number of fused-ring (bicyclic) bond motifs is 1. The van der Waals surface area contributed by atoms with Gasteiger partial charge in [-0.25, -0.2) is 9.97 Å². The molecule has 0 radical (unpaired) electrons. The lowest BCUT2D eigenvalue weighted by Gasteiger charge is -2.13. The Morgan fingerprint density at radius 1 is 1.38 bits per heavy atom. The van der Waals surface area contributed by atoms with E-state index in [0.29, 0.717) is 23.7 Å². The molecule has 114 valence electrons. The van der Waals surface area contributed by atoms with Gasteiger partial charge in [0.15, 0.2) is 11.2 Å². The summed E-state index contributed by atoms with van der Waals surface area (Å²) in [6, 6.07) is 0. The van der Waals surface area contributed by atoms with Crippen LogP contribution in [0.25, 0.3) is 11.2 Å². The second kappa shape index (κ2) is 6.36. The molecule has 1 aliphatic heterocycles. The van der Waals surface area contributed by atoms with Crippen LogP contribution >= 0.6 is 0 Å². The van der Waals surface area contributed by atoms with Crippen LogP contribution in [0.2, 0.25) is 0 Å². The van der Waals surface area contributed by atoms with Crippen LogP contribution in [-0.2, 0) is 4.74 Å². The van der Waals surface area contributed by atoms with Crippen LogP contribution in [0.4, 0.5) is 0 Å². The molecule has 7 nitrogen and oxygen atoms in total. The van der Waals surface area contributed by atoms with E-state index in [-0.39, 0.29) is 18.9 Å². The van der Waals surface area contributed by atoms with Crippen LogP contribution in [-0.4, -0.2) is 43.9 Å². The van der Waals surface area contributed by atoms with Crippen molar-refractivity contribution in [2.45, 2.75) is 44.9 Å². The smallest absolute Gasteiger partial charge is 0.245 e. The van der Waals surface area contributed by atoms with Crippen molar-refractivity contribution >= 4 is 11.2 Å². The first-order valence-corrected chi connectivity index (χ1v) is 7.40. The molecule has 0 aliphatic carbocycles. The highest BCUT2D eigenvalue weighted by atomic mass is 16.5. The summed E-state index contributed by atoms with van der Waals surface area (Å²) < 4.78 is 13.3. The number of hydrogen-bond acceptors (Lipinski definition) is 6. The van der Waals surface area contributed by atoms with Crippen molar-refractivity contribution in [1.29, 1.82) is 0 Å². The van der Waals surface area contributed by atoms with Crippen molar-refractivity contribution in [3.8, 4) is 5.88 Å². The normalized spacial score (nSPS) is 22.0. The number of ether oxygens (including phenoxy) is 2. The molecule has 2 atom stereocenters. The second-order valence-corrected chi connectivity index (χ2v) is 5.18. The number of aliphatic hydroxyl groups excluding tert-OH is 1. The Morgan fingerprint density at radius 3 is 3.05 bits per heavy atom. The van der Waals surface area contributed by atoms with Gasteiger partial charge >= 0.3 is 0 Å². The Morgan fingerprint density at radius 2 is 2.29 bits per heavy atom. The second-order valence-electron chi connectivity index (χ2n) is 5.18. The van der Waals surface area contributed by atoms with Gasteiger partial charge in [-0.3, -0.25) is 4.57 Å². The molecule has 1 N–H and O–H groups in total. The Bertz CT molecular complexity index is 601.